The predicted octanol–water partition coefficient (Wildman–Crippen LogP) is 6.79. The topological polar surface area (TPSA) is 17.1 Å². The van der Waals surface area contributed by atoms with Crippen LogP contribution in [0.1, 0.15) is 37.7 Å². The van der Waals surface area contributed by atoms with Crippen LogP contribution in [0, 0.1) is 5.92 Å². The molecule has 144 valence electrons. The van der Waals surface area contributed by atoms with E-state index in [0.29, 0.717) is 5.78 Å². The highest BCUT2D eigenvalue weighted by Gasteiger charge is 2.52. The van der Waals surface area contributed by atoms with Gasteiger partial charge in [0.25, 0.3) is 0 Å². The Morgan fingerprint density at radius 3 is 2.19 bits per heavy atom. The molecule has 0 radical (unpaired) electrons. The largest absolute Gasteiger partial charge is 0.299 e. The maximum absolute atomic E-state index is 13.1. The molecule has 2 atom stereocenters. The highest BCUT2D eigenvalue weighted by atomic mass is 32.2. The number of carbonyl (C=O) groups is 1. The zero-order chi connectivity index (χ0) is 19.3. The standard InChI is InChI=1S/C24H32OSSi/c1-27(2,3)24(22-16-10-11-17-23(22)25,26-21-14-8-5-9-15-21)19-18-20-12-6-4-7-13-20/h4-9,12-15,22H,10-11,16-19H2,1-3H3. The number of benzene rings is 2. The van der Waals surface area contributed by atoms with Crippen LogP contribution in [0.15, 0.2) is 65.6 Å². The van der Waals surface area contributed by atoms with Gasteiger partial charge in [0.1, 0.15) is 5.78 Å². The molecule has 0 aromatic heterocycles. The lowest BCUT2D eigenvalue weighted by atomic mass is 9.83. The molecule has 0 spiro atoms. The number of aryl methyl sites for hydroxylation is 1. The van der Waals surface area contributed by atoms with E-state index < -0.39 is 8.07 Å². The molecule has 1 fully saturated rings. The van der Waals surface area contributed by atoms with Crippen molar-refractivity contribution in [3.63, 3.8) is 0 Å². The zero-order valence-corrected chi connectivity index (χ0v) is 18.7. The van der Waals surface area contributed by atoms with Gasteiger partial charge in [0.2, 0.25) is 0 Å². The molecule has 2 aromatic carbocycles. The maximum Gasteiger partial charge on any atom is 0.137 e. The number of hydrogen-bond donors (Lipinski definition) is 0. The Balaban J connectivity index is 1.99. The number of rotatable bonds is 7. The highest BCUT2D eigenvalue weighted by Crippen LogP contribution is 2.51. The summed E-state index contributed by atoms with van der Waals surface area (Å²) < 4.78 is 0.0434. The van der Waals surface area contributed by atoms with Crippen LogP contribution in [0.4, 0.5) is 0 Å². The van der Waals surface area contributed by atoms with Crippen LogP contribution in [-0.2, 0) is 11.2 Å². The third-order valence-corrected chi connectivity index (χ3v) is 12.7. The summed E-state index contributed by atoms with van der Waals surface area (Å²) in [6, 6.07) is 21.5. The van der Waals surface area contributed by atoms with Gasteiger partial charge in [-0.05, 0) is 43.4 Å². The van der Waals surface area contributed by atoms with Crippen LogP contribution in [0.5, 0.6) is 0 Å². The molecule has 2 aromatic rings. The van der Waals surface area contributed by atoms with E-state index in [1.165, 1.54) is 16.9 Å². The van der Waals surface area contributed by atoms with Crippen molar-refractivity contribution in [1.29, 1.82) is 0 Å². The average molecular weight is 397 g/mol. The summed E-state index contributed by atoms with van der Waals surface area (Å²) in [6.45, 7) is 7.40. The Morgan fingerprint density at radius 1 is 0.963 bits per heavy atom. The molecular weight excluding hydrogens is 364 g/mol. The van der Waals surface area contributed by atoms with E-state index in [-0.39, 0.29) is 10.3 Å². The highest BCUT2D eigenvalue weighted by molar-refractivity contribution is 8.02. The third kappa shape index (κ3) is 4.75. The predicted molar refractivity (Wildman–Crippen MR) is 120 cm³/mol. The van der Waals surface area contributed by atoms with E-state index in [2.05, 4.69) is 80.3 Å². The molecule has 0 saturated heterocycles. The molecule has 0 N–H and O–H groups in total. The van der Waals surface area contributed by atoms with Gasteiger partial charge in [0.15, 0.2) is 0 Å². The average Bonchev–Trinajstić information content (AvgIpc) is 2.66. The van der Waals surface area contributed by atoms with Crippen LogP contribution in [0.3, 0.4) is 0 Å². The van der Waals surface area contributed by atoms with Gasteiger partial charge < -0.3 is 0 Å². The van der Waals surface area contributed by atoms with Crippen molar-refractivity contribution >= 4 is 25.6 Å². The van der Waals surface area contributed by atoms with Gasteiger partial charge in [-0.3, -0.25) is 4.79 Å². The minimum Gasteiger partial charge on any atom is -0.299 e. The summed E-state index contributed by atoms with van der Waals surface area (Å²) in [5.74, 6) is 0.715. The van der Waals surface area contributed by atoms with E-state index in [1.54, 1.807) is 0 Å². The van der Waals surface area contributed by atoms with Crippen LogP contribution in [-0.4, -0.2) is 18.2 Å². The molecule has 2 unspecified atom stereocenters. The molecule has 1 saturated carbocycles. The van der Waals surface area contributed by atoms with E-state index in [1.807, 2.05) is 11.8 Å². The van der Waals surface area contributed by atoms with Gasteiger partial charge in [-0.25, -0.2) is 0 Å². The quantitative estimate of drug-likeness (QED) is 0.379. The van der Waals surface area contributed by atoms with Crippen molar-refractivity contribution in [2.75, 3.05) is 0 Å². The zero-order valence-electron chi connectivity index (χ0n) is 16.9. The molecule has 1 nitrogen and oxygen atoms in total. The lowest BCUT2D eigenvalue weighted by molar-refractivity contribution is -0.125. The lowest BCUT2D eigenvalue weighted by Gasteiger charge is -2.49. The SMILES string of the molecule is C[Si](C)(C)C(CCc1ccccc1)(Sc1ccccc1)C1CCCCC1=O. The van der Waals surface area contributed by atoms with Crippen molar-refractivity contribution in [3.05, 3.63) is 66.2 Å². The van der Waals surface area contributed by atoms with Crippen molar-refractivity contribution in [2.45, 2.75) is 67.4 Å². The second-order valence-electron chi connectivity index (χ2n) is 8.80. The Labute approximate surface area is 170 Å². The first-order valence-electron chi connectivity index (χ1n) is 10.2. The maximum atomic E-state index is 13.1. The molecule has 0 amide bonds. The van der Waals surface area contributed by atoms with Gasteiger partial charge in [0.05, 0.1) is 8.07 Å². The van der Waals surface area contributed by atoms with Gasteiger partial charge in [-0.1, -0.05) is 74.6 Å². The Hall–Kier alpha value is -1.32. The number of hydrogen-bond acceptors (Lipinski definition) is 2. The number of thioether (sulfide) groups is 1. The monoisotopic (exact) mass is 396 g/mol. The fraction of sp³-hybridized carbons (Fsp3) is 0.458. The smallest absolute Gasteiger partial charge is 0.137 e. The second-order valence-corrected chi connectivity index (χ2v) is 16.0. The Bertz CT molecular complexity index is 738. The first-order chi connectivity index (χ1) is 12.9. The minimum absolute atomic E-state index is 0.0434. The Morgan fingerprint density at radius 2 is 1.59 bits per heavy atom. The summed E-state index contributed by atoms with van der Waals surface area (Å²) in [4.78, 5) is 14.4. The van der Waals surface area contributed by atoms with Crippen molar-refractivity contribution in [2.24, 2.45) is 5.92 Å². The van der Waals surface area contributed by atoms with Gasteiger partial charge in [0, 0.05) is 21.6 Å². The summed E-state index contributed by atoms with van der Waals surface area (Å²) in [5.41, 5.74) is 1.39. The molecule has 3 heteroatoms. The molecule has 3 rings (SSSR count). The first-order valence-corrected chi connectivity index (χ1v) is 14.5. The molecular formula is C24H32OSSi. The van der Waals surface area contributed by atoms with Crippen LogP contribution in [0.2, 0.25) is 19.6 Å². The van der Waals surface area contributed by atoms with E-state index >= 15 is 0 Å². The summed E-state index contributed by atoms with van der Waals surface area (Å²) in [5, 5.41) is 0. The number of Topliss-reactive ketones (excluding diaryl/α,β-unsaturated/α-hetero) is 1. The van der Waals surface area contributed by atoms with Gasteiger partial charge in [-0.2, -0.15) is 0 Å². The van der Waals surface area contributed by atoms with Crippen LogP contribution >= 0.6 is 11.8 Å². The lowest BCUT2D eigenvalue weighted by Crippen LogP contribution is -2.57. The van der Waals surface area contributed by atoms with E-state index in [4.69, 9.17) is 0 Å². The van der Waals surface area contributed by atoms with Crippen molar-refractivity contribution < 1.29 is 4.79 Å². The van der Waals surface area contributed by atoms with E-state index in [0.717, 1.165) is 32.1 Å². The van der Waals surface area contributed by atoms with Gasteiger partial charge >= 0.3 is 0 Å². The van der Waals surface area contributed by atoms with E-state index in [9.17, 15) is 4.79 Å². The normalized spacial score (nSPS) is 20.3. The van der Waals surface area contributed by atoms with Gasteiger partial charge in [-0.15, -0.1) is 11.8 Å². The molecule has 0 heterocycles. The second kappa shape index (κ2) is 8.79. The fourth-order valence-corrected chi connectivity index (χ4v) is 9.61. The molecule has 0 aliphatic heterocycles. The third-order valence-electron chi connectivity index (χ3n) is 6.06. The number of carbonyl (C=O) groups excluding carboxylic acids is 1. The Kier molecular flexibility index (Phi) is 6.64. The minimum atomic E-state index is -1.66. The summed E-state index contributed by atoms with van der Waals surface area (Å²) >= 11 is 2.01. The summed E-state index contributed by atoms with van der Waals surface area (Å²) in [7, 11) is -1.66. The molecule has 1 aliphatic rings. The fourth-order valence-electron chi connectivity index (χ4n) is 4.50. The summed E-state index contributed by atoms with van der Waals surface area (Å²) in [6.07, 6.45) is 6.25. The molecule has 1 aliphatic carbocycles. The first kappa shape index (κ1) is 20.4. The van der Waals surface area contributed by atoms with Crippen molar-refractivity contribution in [1.82, 2.24) is 0 Å². The number of ketones is 1. The van der Waals surface area contributed by atoms with Crippen LogP contribution < -0.4 is 0 Å². The van der Waals surface area contributed by atoms with Crippen molar-refractivity contribution in [3.8, 4) is 0 Å². The molecule has 0 bridgehead atoms. The molecule has 27 heavy (non-hydrogen) atoms. The van der Waals surface area contributed by atoms with Crippen LogP contribution in [0.25, 0.3) is 0 Å².